The first-order valence-corrected chi connectivity index (χ1v) is 6.21. The largest absolute Gasteiger partial charge is 0.480 e. The third-order valence-corrected chi connectivity index (χ3v) is 3.84. The van der Waals surface area contributed by atoms with Crippen LogP contribution < -0.4 is 5.73 Å². The van der Waals surface area contributed by atoms with Crippen molar-refractivity contribution < 1.29 is 15.0 Å². The first kappa shape index (κ1) is 14.7. The number of aliphatic hydroxyl groups is 1. The van der Waals surface area contributed by atoms with Gasteiger partial charge in [0, 0.05) is 5.75 Å². The molecule has 2 unspecified atom stereocenters. The number of carboxylic acid groups (broad SMARTS) is 1. The molecule has 90 valence electrons. The minimum absolute atomic E-state index is 0.193. The number of thioether (sulfide) groups is 1. The van der Waals surface area contributed by atoms with E-state index < -0.39 is 17.6 Å². The van der Waals surface area contributed by atoms with Crippen LogP contribution in [0.2, 0.25) is 0 Å². The summed E-state index contributed by atoms with van der Waals surface area (Å²) >= 11 is 1.54. The average molecular weight is 235 g/mol. The van der Waals surface area contributed by atoms with E-state index >= 15 is 0 Å². The third-order valence-electron chi connectivity index (χ3n) is 2.53. The van der Waals surface area contributed by atoms with Crippen molar-refractivity contribution in [1.29, 1.82) is 0 Å². The summed E-state index contributed by atoms with van der Waals surface area (Å²) in [7, 11) is 0. The van der Waals surface area contributed by atoms with Gasteiger partial charge in [0.2, 0.25) is 0 Å². The molecule has 0 fully saturated rings. The molecule has 0 aliphatic rings. The molecule has 0 bridgehead atoms. The van der Waals surface area contributed by atoms with E-state index in [1.807, 2.05) is 13.8 Å². The van der Waals surface area contributed by atoms with Gasteiger partial charge in [-0.05, 0) is 25.0 Å². The fourth-order valence-electron chi connectivity index (χ4n) is 0.779. The molecule has 0 spiro atoms. The minimum Gasteiger partial charge on any atom is -0.480 e. The van der Waals surface area contributed by atoms with Crippen LogP contribution in [0, 0.1) is 5.92 Å². The van der Waals surface area contributed by atoms with E-state index in [1.54, 1.807) is 18.7 Å². The summed E-state index contributed by atoms with van der Waals surface area (Å²) in [5.74, 6) is 0.497. The highest BCUT2D eigenvalue weighted by molar-refractivity contribution is 7.99. The zero-order chi connectivity index (χ0) is 12.1. The lowest BCUT2D eigenvalue weighted by Gasteiger charge is -2.27. The van der Waals surface area contributed by atoms with Gasteiger partial charge in [-0.25, -0.2) is 0 Å². The van der Waals surface area contributed by atoms with Crippen molar-refractivity contribution in [2.75, 3.05) is 11.5 Å². The van der Waals surface area contributed by atoms with Crippen molar-refractivity contribution in [3.8, 4) is 0 Å². The van der Waals surface area contributed by atoms with E-state index in [0.29, 0.717) is 17.9 Å². The molecule has 0 heterocycles. The Balaban J connectivity index is 3.67. The smallest absolute Gasteiger partial charge is 0.320 e. The van der Waals surface area contributed by atoms with Crippen LogP contribution in [0.1, 0.15) is 27.2 Å². The fraction of sp³-hybridized carbons (Fsp3) is 0.900. The van der Waals surface area contributed by atoms with Crippen molar-refractivity contribution in [2.24, 2.45) is 11.7 Å². The Hall–Kier alpha value is -0.260. The van der Waals surface area contributed by atoms with Gasteiger partial charge in [0.1, 0.15) is 6.04 Å². The zero-order valence-electron chi connectivity index (χ0n) is 9.56. The third kappa shape index (κ3) is 6.02. The first-order chi connectivity index (χ1) is 6.77. The molecule has 0 saturated carbocycles. The average Bonchev–Trinajstić information content (AvgIpc) is 2.11. The van der Waals surface area contributed by atoms with E-state index in [-0.39, 0.29) is 5.92 Å². The molecule has 0 radical (unpaired) electrons. The summed E-state index contributed by atoms with van der Waals surface area (Å²) in [6.07, 6.45) is 0.439. The highest BCUT2D eigenvalue weighted by Crippen LogP contribution is 2.21. The Bertz CT molecular complexity index is 207. The molecule has 0 aliphatic carbocycles. The second-order valence-electron chi connectivity index (χ2n) is 4.30. The Morgan fingerprint density at radius 3 is 2.47 bits per heavy atom. The van der Waals surface area contributed by atoms with E-state index in [0.717, 1.165) is 0 Å². The minimum atomic E-state index is -0.966. The molecular formula is C10H21NO3S. The molecular weight excluding hydrogens is 214 g/mol. The van der Waals surface area contributed by atoms with Gasteiger partial charge < -0.3 is 15.9 Å². The Morgan fingerprint density at radius 2 is 2.07 bits per heavy atom. The molecule has 0 aromatic carbocycles. The maximum atomic E-state index is 10.4. The number of rotatable bonds is 7. The predicted molar refractivity (Wildman–Crippen MR) is 63.0 cm³/mol. The summed E-state index contributed by atoms with van der Waals surface area (Å²) < 4.78 is 0. The molecule has 5 heteroatoms. The maximum absolute atomic E-state index is 10.4. The number of hydrogen-bond acceptors (Lipinski definition) is 4. The Kier molecular flexibility index (Phi) is 6.24. The summed E-state index contributed by atoms with van der Waals surface area (Å²) in [5.41, 5.74) is 4.65. The van der Waals surface area contributed by atoms with Crippen LogP contribution in [-0.2, 0) is 4.79 Å². The number of nitrogens with two attached hydrogens (primary N) is 1. The highest BCUT2D eigenvalue weighted by atomic mass is 32.2. The lowest BCUT2D eigenvalue weighted by atomic mass is 9.95. The van der Waals surface area contributed by atoms with Crippen molar-refractivity contribution >= 4 is 17.7 Å². The van der Waals surface area contributed by atoms with Gasteiger partial charge in [0.05, 0.1) is 5.60 Å². The molecule has 0 saturated heterocycles. The molecule has 4 nitrogen and oxygen atoms in total. The van der Waals surface area contributed by atoms with Crippen molar-refractivity contribution in [2.45, 2.75) is 38.8 Å². The van der Waals surface area contributed by atoms with Crippen LogP contribution in [-0.4, -0.2) is 39.3 Å². The highest BCUT2D eigenvalue weighted by Gasteiger charge is 2.24. The zero-order valence-corrected chi connectivity index (χ0v) is 10.4. The molecule has 2 atom stereocenters. The lowest BCUT2D eigenvalue weighted by Crippen LogP contribution is -2.34. The number of aliphatic carboxylic acids is 1. The van der Waals surface area contributed by atoms with E-state index in [2.05, 4.69) is 0 Å². The van der Waals surface area contributed by atoms with Crippen molar-refractivity contribution in [1.82, 2.24) is 0 Å². The fourth-order valence-corrected chi connectivity index (χ4v) is 2.09. The SMILES string of the molecule is CC(C)C(C)(O)CSCCC(N)C(=O)O. The summed E-state index contributed by atoms with van der Waals surface area (Å²) in [4.78, 5) is 10.4. The molecule has 0 rings (SSSR count). The molecule has 0 aromatic rings. The Morgan fingerprint density at radius 1 is 1.53 bits per heavy atom. The van der Waals surface area contributed by atoms with E-state index in [1.165, 1.54) is 0 Å². The van der Waals surface area contributed by atoms with Crippen molar-refractivity contribution in [3.05, 3.63) is 0 Å². The van der Waals surface area contributed by atoms with E-state index in [4.69, 9.17) is 10.8 Å². The predicted octanol–water partition coefficient (Wildman–Crippen LogP) is 0.929. The van der Waals surface area contributed by atoms with E-state index in [9.17, 15) is 9.90 Å². The van der Waals surface area contributed by atoms with Crippen LogP contribution in [0.4, 0.5) is 0 Å². The first-order valence-electron chi connectivity index (χ1n) is 5.06. The van der Waals surface area contributed by atoms with Crippen LogP contribution in [0.3, 0.4) is 0 Å². The van der Waals surface area contributed by atoms with Gasteiger partial charge in [0.15, 0.2) is 0 Å². The van der Waals surface area contributed by atoms with Gasteiger partial charge in [-0.3, -0.25) is 4.79 Å². The molecule has 15 heavy (non-hydrogen) atoms. The van der Waals surface area contributed by atoms with Crippen LogP contribution in [0.15, 0.2) is 0 Å². The lowest BCUT2D eigenvalue weighted by molar-refractivity contribution is -0.138. The molecule has 4 N–H and O–H groups in total. The summed E-state index contributed by atoms with van der Waals surface area (Å²) in [6, 6.07) is -0.790. The summed E-state index contributed by atoms with van der Waals surface area (Å²) in [5, 5.41) is 18.4. The number of carboxylic acids is 1. The maximum Gasteiger partial charge on any atom is 0.320 e. The number of hydrogen-bond donors (Lipinski definition) is 3. The van der Waals surface area contributed by atoms with Gasteiger partial charge in [-0.15, -0.1) is 0 Å². The second-order valence-corrected chi connectivity index (χ2v) is 5.40. The molecule has 0 aromatic heterocycles. The Labute approximate surface area is 95.2 Å². The van der Waals surface area contributed by atoms with Gasteiger partial charge in [0.25, 0.3) is 0 Å². The quantitative estimate of drug-likeness (QED) is 0.572. The monoisotopic (exact) mass is 235 g/mol. The van der Waals surface area contributed by atoms with Crippen LogP contribution >= 0.6 is 11.8 Å². The number of carbonyl (C=O) groups is 1. The van der Waals surface area contributed by atoms with Crippen LogP contribution in [0.25, 0.3) is 0 Å². The molecule has 0 amide bonds. The normalized spacial score (nSPS) is 17.5. The standard InChI is InChI=1S/C10H21NO3S/c1-7(2)10(3,14)6-15-5-4-8(11)9(12)13/h7-8,14H,4-6,11H2,1-3H3,(H,12,13). The van der Waals surface area contributed by atoms with Crippen LogP contribution in [0.5, 0.6) is 0 Å². The topological polar surface area (TPSA) is 83.5 Å². The van der Waals surface area contributed by atoms with Gasteiger partial charge in [-0.2, -0.15) is 11.8 Å². The summed E-state index contributed by atoms with van der Waals surface area (Å²) in [6.45, 7) is 5.72. The van der Waals surface area contributed by atoms with Crippen molar-refractivity contribution in [3.63, 3.8) is 0 Å². The molecule has 0 aliphatic heterocycles. The van der Waals surface area contributed by atoms with Gasteiger partial charge >= 0.3 is 5.97 Å². The second kappa shape index (κ2) is 6.35. The van der Waals surface area contributed by atoms with Gasteiger partial charge in [-0.1, -0.05) is 13.8 Å².